The molecule has 0 bridgehead atoms. The summed E-state index contributed by atoms with van der Waals surface area (Å²) in [6, 6.07) is 0. The molecule has 6 heteroatoms. The molecule has 1 saturated carbocycles. The third kappa shape index (κ3) is 5.35. The summed E-state index contributed by atoms with van der Waals surface area (Å²) >= 11 is 0. The number of rotatable bonds is 5. The van der Waals surface area contributed by atoms with E-state index in [-0.39, 0.29) is 42.5 Å². The number of nitrogens with two attached hydrogens (primary N) is 1. The first-order valence-electron chi connectivity index (χ1n) is 6.84. The number of carbonyl (C=O) groups excluding carboxylic acids is 2. The van der Waals surface area contributed by atoms with Crippen molar-refractivity contribution in [2.45, 2.75) is 58.5 Å². The summed E-state index contributed by atoms with van der Waals surface area (Å²) in [5, 5.41) is 11.4. The smallest absolute Gasteiger partial charge is 0.550 e. The normalized spacial score (nSPS) is 19.0. The Morgan fingerprint density at radius 3 is 2.15 bits per heavy atom. The van der Waals surface area contributed by atoms with E-state index in [0.717, 1.165) is 12.8 Å². The van der Waals surface area contributed by atoms with Gasteiger partial charge in [-0.3, -0.25) is 4.79 Å². The van der Waals surface area contributed by atoms with Crippen LogP contribution in [0.1, 0.15) is 52.9 Å². The van der Waals surface area contributed by atoms with Crippen molar-refractivity contribution in [1.82, 2.24) is 0 Å². The molecule has 0 aromatic carbocycles. The van der Waals surface area contributed by atoms with Crippen molar-refractivity contribution < 1.29 is 49.0 Å². The Kier molecular flexibility index (Phi) is 7.74. The van der Waals surface area contributed by atoms with Crippen LogP contribution in [0.2, 0.25) is 0 Å². The zero-order chi connectivity index (χ0) is 14.7. The molecule has 0 radical (unpaired) electrons. The van der Waals surface area contributed by atoms with Crippen molar-refractivity contribution in [3.63, 3.8) is 0 Å². The van der Waals surface area contributed by atoms with Crippen LogP contribution in [-0.2, 0) is 14.3 Å². The first kappa shape index (κ1) is 19.9. The second-order valence-electron chi connectivity index (χ2n) is 6.45. The number of hydrogen-bond donors (Lipinski definition) is 1. The maximum Gasteiger partial charge on any atom is 1.00 e. The van der Waals surface area contributed by atoms with Gasteiger partial charge < -0.3 is 20.4 Å². The monoisotopic (exact) mass is 293 g/mol. The second kappa shape index (κ2) is 7.78. The molecule has 1 atom stereocenters. The largest absolute Gasteiger partial charge is 1.00 e. The predicted octanol–water partition coefficient (Wildman–Crippen LogP) is -2.39. The SMILES string of the molecule is CC(C)(C)OC(=O)[C@H](CN)CC1(C(=O)[O-])CCCC1.[Na+]. The molecule has 2 N–H and O–H groups in total. The van der Waals surface area contributed by atoms with E-state index in [2.05, 4.69) is 0 Å². The van der Waals surface area contributed by atoms with Gasteiger partial charge in [0.15, 0.2) is 0 Å². The summed E-state index contributed by atoms with van der Waals surface area (Å²) in [4.78, 5) is 23.4. The van der Waals surface area contributed by atoms with E-state index in [0.29, 0.717) is 12.8 Å². The van der Waals surface area contributed by atoms with Gasteiger partial charge >= 0.3 is 35.5 Å². The van der Waals surface area contributed by atoms with Gasteiger partial charge in [-0.15, -0.1) is 0 Å². The van der Waals surface area contributed by atoms with E-state index < -0.39 is 28.9 Å². The molecule has 1 aliphatic rings. The molecule has 0 heterocycles. The number of hydrogen-bond acceptors (Lipinski definition) is 5. The standard InChI is InChI=1S/C14H25NO4.Na/c1-13(2,3)19-11(16)10(9-15)8-14(12(17)18)6-4-5-7-14;/h10H,4-9,15H2,1-3H3,(H,17,18);/q;+1/p-1/t10-;/m0./s1. The van der Waals surface area contributed by atoms with Crippen LogP contribution in [0.25, 0.3) is 0 Å². The minimum Gasteiger partial charge on any atom is -0.550 e. The third-order valence-electron chi connectivity index (χ3n) is 3.66. The zero-order valence-electron chi connectivity index (χ0n) is 13.0. The Morgan fingerprint density at radius 1 is 1.30 bits per heavy atom. The van der Waals surface area contributed by atoms with E-state index in [9.17, 15) is 14.7 Å². The number of aliphatic carboxylic acids is 1. The molecule has 1 rings (SSSR count). The van der Waals surface area contributed by atoms with Gasteiger partial charge in [-0.05, 0) is 40.0 Å². The summed E-state index contributed by atoms with van der Waals surface area (Å²) in [7, 11) is 0. The molecule has 20 heavy (non-hydrogen) atoms. The van der Waals surface area contributed by atoms with E-state index in [4.69, 9.17) is 10.5 Å². The molecular formula is C14H24NNaO4. The molecule has 0 amide bonds. The summed E-state index contributed by atoms with van der Waals surface area (Å²) < 4.78 is 5.29. The van der Waals surface area contributed by atoms with Crippen molar-refractivity contribution >= 4 is 11.9 Å². The van der Waals surface area contributed by atoms with Gasteiger partial charge in [0.2, 0.25) is 0 Å². The van der Waals surface area contributed by atoms with Crippen molar-refractivity contribution in [1.29, 1.82) is 0 Å². The molecule has 0 aromatic rings. The fourth-order valence-corrected chi connectivity index (χ4v) is 2.66. The van der Waals surface area contributed by atoms with Crippen molar-refractivity contribution in [2.24, 2.45) is 17.1 Å². The number of carboxylic acids is 1. The Morgan fingerprint density at radius 2 is 1.80 bits per heavy atom. The molecule has 1 fully saturated rings. The number of ether oxygens (including phenoxy) is 1. The molecule has 5 nitrogen and oxygen atoms in total. The maximum absolute atomic E-state index is 12.0. The fraction of sp³-hybridized carbons (Fsp3) is 0.857. The average Bonchev–Trinajstić information content (AvgIpc) is 2.73. The predicted molar refractivity (Wildman–Crippen MR) is 68.9 cm³/mol. The molecule has 0 saturated heterocycles. The van der Waals surface area contributed by atoms with E-state index in [1.54, 1.807) is 20.8 Å². The van der Waals surface area contributed by atoms with Crippen molar-refractivity contribution in [3.8, 4) is 0 Å². The Balaban J connectivity index is 0.00000361. The van der Waals surface area contributed by atoms with Gasteiger partial charge in [-0.1, -0.05) is 12.8 Å². The first-order valence-corrected chi connectivity index (χ1v) is 6.84. The van der Waals surface area contributed by atoms with E-state index in [1.807, 2.05) is 0 Å². The summed E-state index contributed by atoms with van der Waals surface area (Å²) in [5.74, 6) is -2.05. The Bertz CT molecular complexity index is 346. The third-order valence-corrected chi connectivity index (χ3v) is 3.66. The van der Waals surface area contributed by atoms with Crippen LogP contribution >= 0.6 is 0 Å². The number of esters is 1. The minimum absolute atomic E-state index is 0. The second-order valence-corrected chi connectivity index (χ2v) is 6.45. The van der Waals surface area contributed by atoms with Crippen LogP contribution in [0.5, 0.6) is 0 Å². The van der Waals surface area contributed by atoms with Crippen LogP contribution < -0.4 is 40.4 Å². The Labute approximate surface area is 142 Å². The van der Waals surface area contributed by atoms with Crippen molar-refractivity contribution in [2.75, 3.05) is 6.54 Å². The van der Waals surface area contributed by atoms with Crippen molar-refractivity contribution in [3.05, 3.63) is 0 Å². The molecule has 110 valence electrons. The van der Waals surface area contributed by atoms with E-state index >= 15 is 0 Å². The van der Waals surface area contributed by atoms with Gasteiger partial charge in [0.1, 0.15) is 5.60 Å². The topological polar surface area (TPSA) is 92.5 Å². The summed E-state index contributed by atoms with van der Waals surface area (Å²) in [6.45, 7) is 5.44. The van der Waals surface area contributed by atoms with Gasteiger partial charge in [0, 0.05) is 17.9 Å². The minimum atomic E-state index is -1.06. The van der Waals surface area contributed by atoms with Gasteiger partial charge in [0.05, 0.1) is 5.92 Å². The molecule has 0 aliphatic heterocycles. The molecule has 1 aliphatic carbocycles. The van der Waals surface area contributed by atoms with Crippen LogP contribution in [0, 0.1) is 11.3 Å². The number of carboxylic acid groups (broad SMARTS) is 1. The molecule has 0 aromatic heterocycles. The quantitative estimate of drug-likeness (QED) is 0.451. The average molecular weight is 293 g/mol. The van der Waals surface area contributed by atoms with Crippen LogP contribution in [0.15, 0.2) is 0 Å². The van der Waals surface area contributed by atoms with Crippen LogP contribution in [0.4, 0.5) is 0 Å². The molecular weight excluding hydrogens is 269 g/mol. The van der Waals surface area contributed by atoms with Crippen LogP contribution in [0.3, 0.4) is 0 Å². The zero-order valence-corrected chi connectivity index (χ0v) is 15.0. The summed E-state index contributed by atoms with van der Waals surface area (Å²) in [6.07, 6.45) is 3.07. The fourth-order valence-electron chi connectivity index (χ4n) is 2.66. The van der Waals surface area contributed by atoms with Crippen LogP contribution in [-0.4, -0.2) is 24.1 Å². The molecule has 0 unspecified atom stereocenters. The summed E-state index contributed by atoms with van der Waals surface area (Å²) in [5.41, 5.74) is 4.13. The maximum atomic E-state index is 12.0. The van der Waals surface area contributed by atoms with Gasteiger partial charge in [-0.2, -0.15) is 0 Å². The first-order chi connectivity index (χ1) is 8.70. The van der Waals surface area contributed by atoms with Gasteiger partial charge in [-0.25, -0.2) is 0 Å². The molecule has 0 spiro atoms. The Hall–Kier alpha value is -0.100. The van der Waals surface area contributed by atoms with Gasteiger partial charge in [0.25, 0.3) is 0 Å². The number of carbonyl (C=O) groups is 2. The van der Waals surface area contributed by atoms with E-state index in [1.165, 1.54) is 0 Å².